The number of nitrogens with one attached hydrogen (secondary N) is 2. The van der Waals surface area contributed by atoms with Crippen LogP contribution in [-0.2, 0) is 0 Å². The monoisotopic (exact) mass is 452 g/mol. The number of H-pyrrole nitrogens is 1. The van der Waals surface area contributed by atoms with Crippen molar-refractivity contribution in [3.63, 3.8) is 0 Å². The first-order chi connectivity index (χ1) is 16.0. The van der Waals surface area contributed by atoms with Crippen LogP contribution in [-0.4, -0.2) is 40.0 Å². The predicted molar refractivity (Wildman–Crippen MR) is 124 cm³/mol. The second kappa shape index (κ2) is 11.4. The molecule has 3 rings (SSSR count). The molecular weight excluding hydrogens is 428 g/mol. The normalized spacial score (nSPS) is 10.8. The van der Waals surface area contributed by atoms with Crippen molar-refractivity contribution >= 4 is 17.9 Å². The van der Waals surface area contributed by atoms with Gasteiger partial charge in [-0.25, -0.2) is 5.43 Å². The number of aromatic amines is 1. The van der Waals surface area contributed by atoms with E-state index in [1.807, 2.05) is 6.07 Å². The molecule has 172 valence electrons. The standard InChI is InChI=1S/C22H24N6O5/c1-3-4-8-11-33-20-17(28(30)31)12-15(13-18(20)32-2)14-23-26-22-24-21(29)19(25-27-22)16-9-6-5-7-10-16/h5-7,9-10,12-14H,3-4,8,11H2,1-2H3,(H2,24,26,27,29)/b23-14+. The maximum Gasteiger partial charge on any atom is 0.315 e. The van der Waals surface area contributed by atoms with E-state index in [0.717, 1.165) is 19.3 Å². The molecule has 0 aliphatic heterocycles. The van der Waals surface area contributed by atoms with Gasteiger partial charge in [0.2, 0.25) is 11.7 Å². The highest BCUT2D eigenvalue weighted by atomic mass is 16.6. The minimum Gasteiger partial charge on any atom is -0.493 e. The lowest BCUT2D eigenvalue weighted by Gasteiger charge is -2.11. The van der Waals surface area contributed by atoms with Gasteiger partial charge in [-0.05, 0) is 12.5 Å². The smallest absolute Gasteiger partial charge is 0.315 e. The van der Waals surface area contributed by atoms with E-state index in [9.17, 15) is 14.9 Å². The number of nitrogens with zero attached hydrogens (tertiary/aromatic N) is 4. The summed E-state index contributed by atoms with van der Waals surface area (Å²) >= 11 is 0. The lowest BCUT2D eigenvalue weighted by atomic mass is 10.2. The molecule has 2 aromatic carbocycles. The van der Waals surface area contributed by atoms with Crippen LogP contribution in [0.25, 0.3) is 11.3 Å². The van der Waals surface area contributed by atoms with Crippen LogP contribution in [0.2, 0.25) is 0 Å². The van der Waals surface area contributed by atoms with Crippen molar-refractivity contribution in [3.8, 4) is 22.8 Å². The average molecular weight is 452 g/mol. The molecule has 0 spiro atoms. The first-order valence-electron chi connectivity index (χ1n) is 10.3. The van der Waals surface area contributed by atoms with Gasteiger partial charge in [0.05, 0.1) is 24.9 Å². The molecule has 0 saturated heterocycles. The van der Waals surface area contributed by atoms with Crippen molar-refractivity contribution in [1.29, 1.82) is 0 Å². The molecule has 0 aliphatic rings. The molecule has 0 unspecified atom stereocenters. The summed E-state index contributed by atoms with van der Waals surface area (Å²) in [5.74, 6) is 0.325. The number of nitro benzene ring substituents is 1. The fraction of sp³-hybridized carbons (Fsp3) is 0.273. The van der Waals surface area contributed by atoms with E-state index in [1.165, 1.54) is 19.4 Å². The zero-order valence-corrected chi connectivity index (χ0v) is 18.3. The van der Waals surface area contributed by atoms with Crippen LogP contribution >= 0.6 is 0 Å². The molecule has 0 aliphatic carbocycles. The Morgan fingerprint density at radius 1 is 1.21 bits per heavy atom. The van der Waals surface area contributed by atoms with Gasteiger partial charge < -0.3 is 9.47 Å². The van der Waals surface area contributed by atoms with Gasteiger partial charge in [-0.2, -0.15) is 5.10 Å². The molecule has 0 amide bonds. The molecule has 0 atom stereocenters. The highest BCUT2D eigenvalue weighted by Crippen LogP contribution is 2.38. The molecule has 0 bridgehead atoms. The lowest BCUT2D eigenvalue weighted by Crippen LogP contribution is -2.15. The molecule has 11 heteroatoms. The quantitative estimate of drug-likeness (QED) is 0.194. The van der Waals surface area contributed by atoms with E-state index < -0.39 is 10.5 Å². The number of rotatable bonds is 11. The van der Waals surface area contributed by atoms with Gasteiger partial charge in [0.1, 0.15) is 0 Å². The minimum absolute atomic E-state index is 0.0215. The highest BCUT2D eigenvalue weighted by molar-refractivity contribution is 5.83. The Balaban J connectivity index is 1.76. The second-order valence-electron chi connectivity index (χ2n) is 6.97. The third kappa shape index (κ3) is 6.12. The zero-order valence-electron chi connectivity index (χ0n) is 18.3. The van der Waals surface area contributed by atoms with Crippen molar-refractivity contribution in [2.45, 2.75) is 26.2 Å². The number of benzene rings is 2. The Hall–Kier alpha value is -4.28. The van der Waals surface area contributed by atoms with Crippen molar-refractivity contribution < 1.29 is 14.4 Å². The number of aromatic nitrogens is 3. The van der Waals surface area contributed by atoms with E-state index in [-0.39, 0.29) is 28.8 Å². The fourth-order valence-corrected chi connectivity index (χ4v) is 2.98. The second-order valence-corrected chi connectivity index (χ2v) is 6.97. The van der Waals surface area contributed by atoms with Crippen molar-refractivity contribution in [3.05, 3.63) is 68.5 Å². The topological polar surface area (TPSA) is 145 Å². The van der Waals surface area contributed by atoms with Gasteiger partial charge in [-0.1, -0.05) is 50.1 Å². The van der Waals surface area contributed by atoms with Gasteiger partial charge >= 0.3 is 5.69 Å². The fourth-order valence-electron chi connectivity index (χ4n) is 2.98. The number of methoxy groups -OCH3 is 1. The van der Waals surface area contributed by atoms with Crippen molar-refractivity contribution in [2.75, 3.05) is 19.1 Å². The van der Waals surface area contributed by atoms with E-state index in [4.69, 9.17) is 9.47 Å². The number of ether oxygens (including phenoxy) is 2. The van der Waals surface area contributed by atoms with Gasteiger partial charge in [0.25, 0.3) is 5.56 Å². The van der Waals surface area contributed by atoms with Crippen LogP contribution in [0.15, 0.2) is 52.4 Å². The summed E-state index contributed by atoms with van der Waals surface area (Å²) in [5.41, 5.74) is 3.11. The molecule has 11 nitrogen and oxygen atoms in total. The molecular formula is C22H24N6O5. The molecule has 1 aromatic heterocycles. The third-order valence-electron chi connectivity index (χ3n) is 4.60. The van der Waals surface area contributed by atoms with Crippen molar-refractivity contribution in [2.24, 2.45) is 5.10 Å². The van der Waals surface area contributed by atoms with Crippen LogP contribution in [0, 0.1) is 10.1 Å². The van der Waals surface area contributed by atoms with Gasteiger partial charge in [0, 0.05) is 17.2 Å². The van der Waals surface area contributed by atoms with E-state index in [1.54, 1.807) is 30.3 Å². The summed E-state index contributed by atoms with van der Waals surface area (Å²) < 4.78 is 10.9. The Kier molecular flexibility index (Phi) is 8.06. The van der Waals surface area contributed by atoms with Gasteiger partial charge in [0.15, 0.2) is 11.4 Å². The third-order valence-corrected chi connectivity index (χ3v) is 4.60. The number of anilines is 1. The Morgan fingerprint density at radius 3 is 2.67 bits per heavy atom. The molecule has 0 saturated carbocycles. The molecule has 2 N–H and O–H groups in total. The average Bonchev–Trinajstić information content (AvgIpc) is 2.82. The Labute approximate surface area is 189 Å². The number of unbranched alkanes of at least 4 members (excludes halogenated alkanes) is 2. The maximum absolute atomic E-state index is 12.3. The van der Waals surface area contributed by atoms with Gasteiger partial charge in [-0.3, -0.25) is 19.9 Å². The molecule has 3 aromatic rings. The summed E-state index contributed by atoms with van der Waals surface area (Å²) in [6.45, 7) is 2.41. The Morgan fingerprint density at radius 2 is 2.00 bits per heavy atom. The largest absolute Gasteiger partial charge is 0.493 e. The van der Waals surface area contributed by atoms with Crippen LogP contribution in [0.5, 0.6) is 11.5 Å². The summed E-state index contributed by atoms with van der Waals surface area (Å²) in [6, 6.07) is 11.8. The molecule has 33 heavy (non-hydrogen) atoms. The summed E-state index contributed by atoms with van der Waals surface area (Å²) in [4.78, 5) is 25.9. The SMILES string of the molecule is CCCCCOc1c(OC)cc(/C=N/Nc2nnc(-c3ccccc3)c(=O)[nH]2)cc1[N+](=O)[O-]. The first kappa shape index (κ1) is 23.4. The number of hydrogen-bond donors (Lipinski definition) is 2. The van der Waals surface area contributed by atoms with Crippen LogP contribution in [0.1, 0.15) is 31.7 Å². The summed E-state index contributed by atoms with van der Waals surface area (Å²) in [5, 5.41) is 23.4. The van der Waals surface area contributed by atoms with Crippen molar-refractivity contribution in [1.82, 2.24) is 15.2 Å². The molecule has 0 fully saturated rings. The first-order valence-corrected chi connectivity index (χ1v) is 10.3. The van der Waals surface area contributed by atoms with E-state index in [2.05, 4.69) is 32.6 Å². The summed E-state index contributed by atoms with van der Waals surface area (Å²) in [6.07, 6.45) is 4.09. The number of nitro groups is 1. The maximum atomic E-state index is 12.3. The lowest BCUT2D eigenvalue weighted by molar-refractivity contribution is -0.386. The number of hydrogen-bond acceptors (Lipinski definition) is 9. The van der Waals surface area contributed by atoms with Crippen LogP contribution in [0.4, 0.5) is 11.6 Å². The Bertz CT molecular complexity index is 1180. The summed E-state index contributed by atoms with van der Waals surface area (Å²) in [7, 11) is 1.41. The van der Waals surface area contributed by atoms with Crippen LogP contribution in [0.3, 0.4) is 0 Å². The van der Waals surface area contributed by atoms with Gasteiger partial charge in [-0.15, -0.1) is 10.2 Å². The number of hydrazone groups is 1. The van der Waals surface area contributed by atoms with E-state index >= 15 is 0 Å². The molecule has 1 heterocycles. The molecule has 0 radical (unpaired) electrons. The minimum atomic E-state index is -0.534. The van der Waals surface area contributed by atoms with Crippen LogP contribution < -0.4 is 20.5 Å². The predicted octanol–water partition coefficient (Wildman–Crippen LogP) is 3.76. The highest BCUT2D eigenvalue weighted by Gasteiger charge is 2.22. The zero-order chi connectivity index (χ0) is 23.6. The van der Waals surface area contributed by atoms with E-state index in [0.29, 0.717) is 17.7 Å².